The Morgan fingerprint density at radius 3 is 2.64 bits per heavy atom. The number of ether oxygens (including phenoxy) is 2. The number of benzene rings is 1. The zero-order valence-electron chi connectivity index (χ0n) is 14.9. The zero-order chi connectivity index (χ0) is 18.7. The van der Waals surface area contributed by atoms with Crippen LogP contribution in [0.3, 0.4) is 0 Å². The number of nitro groups is 1. The van der Waals surface area contributed by atoms with Crippen LogP contribution >= 0.6 is 0 Å². The van der Waals surface area contributed by atoms with Crippen molar-refractivity contribution in [3.05, 3.63) is 27.8 Å². The van der Waals surface area contributed by atoms with Crippen molar-refractivity contribution in [1.29, 1.82) is 0 Å². The monoisotopic (exact) mass is 351 g/mol. The van der Waals surface area contributed by atoms with Crippen molar-refractivity contribution in [2.45, 2.75) is 46.5 Å². The molecule has 1 N–H and O–H groups in total. The molecule has 8 nitrogen and oxygen atoms in total. The fourth-order valence-corrected chi connectivity index (χ4v) is 2.00. The SMILES string of the molecule is CCCCC(=O)N/N=C/c1cc(OCC)c(OCCC)c([N+](=O)[O-])c1. The highest BCUT2D eigenvalue weighted by Gasteiger charge is 2.22. The van der Waals surface area contributed by atoms with Gasteiger partial charge < -0.3 is 9.47 Å². The summed E-state index contributed by atoms with van der Waals surface area (Å²) in [5.74, 6) is 0.197. The third kappa shape index (κ3) is 6.78. The number of nitro benzene ring substituents is 1. The number of carbonyl (C=O) groups is 1. The minimum atomic E-state index is -0.523. The van der Waals surface area contributed by atoms with Crippen molar-refractivity contribution in [2.24, 2.45) is 5.10 Å². The van der Waals surface area contributed by atoms with Gasteiger partial charge in [0.05, 0.1) is 24.4 Å². The molecule has 0 atom stereocenters. The summed E-state index contributed by atoms with van der Waals surface area (Å²) in [4.78, 5) is 22.4. The lowest BCUT2D eigenvalue weighted by Gasteiger charge is -2.12. The van der Waals surface area contributed by atoms with Crippen molar-refractivity contribution >= 4 is 17.8 Å². The number of rotatable bonds is 11. The molecular formula is C17H25N3O5. The van der Waals surface area contributed by atoms with Gasteiger partial charge in [0.25, 0.3) is 0 Å². The van der Waals surface area contributed by atoms with Crippen LogP contribution in [-0.4, -0.2) is 30.3 Å². The maximum atomic E-state index is 11.5. The minimum absolute atomic E-state index is 0.109. The summed E-state index contributed by atoms with van der Waals surface area (Å²) in [6.07, 6.45) is 4.16. The van der Waals surface area contributed by atoms with Crippen LogP contribution in [0.1, 0.15) is 52.0 Å². The van der Waals surface area contributed by atoms with Gasteiger partial charge in [-0.05, 0) is 25.8 Å². The largest absolute Gasteiger partial charge is 0.490 e. The summed E-state index contributed by atoms with van der Waals surface area (Å²) in [5.41, 5.74) is 2.65. The van der Waals surface area contributed by atoms with Crippen molar-refractivity contribution in [1.82, 2.24) is 5.43 Å². The molecule has 1 aromatic carbocycles. The van der Waals surface area contributed by atoms with E-state index in [1.54, 1.807) is 13.0 Å². The highest BCUT2D eigenvalue weighted by molar-refractivity contribution is 5.85. The van der Waals surface area contributed by atoms with E-state index in [9.17, 15) is 14.9 Å². The quantitative estimate of drug-likeness (QED) is 0.374. The van der Waals surface area contributed by atoms with Gasteiger partial charge in [0.15, 0.2) is 5.75 Å². The molecule has 0 aliphatic heterocycles. The van der Waals surface area contributed by atoms with E-state index in [-0.39, 0.29) is 23.1 Å². The van der Waals surface area contributed by atoms with E-state index < -0.39 is 4.92 Å². The van der Waals surface area contributed by atoms with Crippen molar-refractivity contribution in [3.63, 3.8) is 0 Å². The average molecular weight is 351 g/mol. The Hall–Kier alpha value is -2.64. The first-order valence-corrected chi connectivity index (χ1v) is 8.43. The molecule has 0 radical (unpaired) electrons. The Morgan fingerprint density at radius 2 is 2.04 bits per heavy atom. The molecular weight excluding hydrogens is 326 g/mol. The lowest BCUT2D eigenvalue weighted by atomic mass is 10.2. The van der Waals surface area contributed by atoms with Crippen LogP contribution in [0.2, 0.25) is 0 Å². The molecule has 138 valence electrons. The van der Waals surface area contributed by atoms with Crippen LogP contribution in [0.25, 0.3) is 0 Å². The van der Waals surface area contributed by atoms with Gasteiger partial charge in [-0.15, -0.1) is 0 Å². The van der Waals surface area contributed by atoms with Gasteiger partial charge in [-0.25, -0.2) is 5.43 Å². The van der Waals surface area contributed by atoms with Crippen LogP contribution in [-0.2, 0) is 4.79 Å². The molecule has 1 aromatic rings. The maximum Gasteiger partial charge on any atom is 0.315 e. The predicted octanol–water partition coefficient (Wildman–Crippen LogP) is 3.42. The standard InChI is InChI=1S/C17H25N3O5/c1-4-7-8-16(21)19-18-12-13-10-14(20(22)23)17(25-9-5-2)15(11-13)24-6-3/h10-12H,4-9H2,1-3H3,(H,19,21)/b18-12+. The summed E-state index contributed by atoms with van der Waals surface area (Å²) in [6.45, 7) is 6.38. The number of hydrazone groups is 1. The smallest absolute Gasteiger partial charge is 0.315 e. The van der Waals surface area contributed by atoms with E-state index in [1.165, 1.54) is 12.3 Å². The number of nitrogens with zero attached hydrogens (tertiary/aromatic N) is 2. The van der Waals surface area contributed by atoms with E-state index in [4.69, 9.17) is 9.47 Å². The highest BCUT2D eigenvalue weighted by atomic mass is 16.6. The lowest BCUT2D eigenvalue weighted by Crippen LogP contribution is -2.16. The first-order chi connectivity index (χ1) is 12.0. The van der Waals surface area contributed by atoms with Crippen LogP contribution in [0.5, 0.6) is 11.5 Å². The molecule has 25 heavy (non-hydrogen) atoms. The molecule has 0 aliphatic carbocycles. The molecule has 0 unspecified atom stereocenters. The predicted molar refractivity (Wildman–Crippen MR) is 95.3 cm³/mol. The second-order valence-electron chi connectivity index (χ2n) is 5.30. The summed E-state index contributed by atoms with van der Waals surface area (Å²) in [5, 5.41) is 15.2. The van der Waals surface area contributed by atoms with Gasteiger partial charge in [0, 0.05) is 18.1 Å². The molecule has 0 aliphatic rings. The maximum absolute atomic E-state index is 11.5. The third-order valence-electron chi connectivity index (χ3n) is 3.16. The molecule has 0 saturated carbocycles. The molecule has 0 saturated heterocycles. The molecule has 0 bridgehead atoms. The van der Waals surface area contributed by atoms with Crippen molar-refractivity contribution < 1.29 is 19.2 Å². The van der Waals surface area contributed by atoms with Crippen molar-refractivity contribution in [3.8, 4) is 11.5 Å². The number of unbranched alkanes of at least 4 members (excludes halogenated alkanes) is 1. The summed E-state index contributed by atoms with van der Waals surface area (Å²) in [6, 6.07) is 2.94. The van der Waals surface area contributed by atoms with Crippen molar-refractivity contribution in [2.75, 3.05) is 13.2 Å². The van der Waals surface area contributed by atoms with Gasteiger partial charge >= 0.3 is 5.69 Å². The molecule has 0 heterocycles. The third-order valence-corrected chi connectivity index (χ3v) is 3.16. The number of hydrogen-bond acceptors (Lipinski definition) is 6. The Morgan fingerprint density at radius 1 is 1.28 bits per heavy atom. The van der Waals surface area contributed by atoms with Gasteiger partial charge in [-0.2, -0.15) is 5.10 Å². The van der Waals surface area contributed by atoms with Crippen LogP contribution in [0, 0.1) is 10.1 Å². The molecule has 0 fully saturated rings. The number of amides is 1. The fourth-order valence-electron chi connectivity index (χ4n) is 2.00. The van der Waals surface area contributed by atoms with E-state index >= 15 is 0 Å². The van der Waals surface area contributed by atoms with Gasteiger partial charge in [-0.3, -0.25) is 14.9 Å². The van der Waals surface area contributed by atoms with Gasteiger partial charge in [-0.1, -0.05) is 20.3 Å². The van der Waals surface area contributed by atoms with E-state index in [1.807, 2.05) is 13.8 Å². The Bertz CT molecular complexity index is 617. The van der Waals surface area contributed by atoms with E-state index in [0.717, 1.165) is 19.3 Å². The molecule has 0 spiro atoms. The second kappa shape index (κ2) is 11.0. The first kappa shape index (κ1) is 20.4. The summed E-state index contributed by atoms with van der Waals surface area (Å²) < 4.78 is 11.0. The van der Waals surface area contributed by atoms with Crippen LogP contribution in [0.15, 0.2) is 17.2 Å². The molecule has 0 aromatic heterocycles. The Kier molecular flexibility index (Phi) is 8.99. The van der Waals surface area contributed by atoms with Crippen LogP contribution < -0.4 is 14.9 Å². The minimum Gasteiger partial charge on any atom is -0.490 e. The van der Waals surface area contributed by atoms with Crippen LogP contribution in [0.4, 0.5) is 5.69 Å². The Labute approximate surface area is 147 Å². The number of nitrogens with one attached hydrogen (secondary N) is 1. The average Bonchev–Trinajstić information content (AvgIpc) is 2.58. The highest BCUT2D eigenvalue weighted by Crippen LogP contribution is 2.38. The zero-order valence-corrected chi connectivity index (χ0v) is 14.9. The number of hydrogen-bond donors (Lipinski definition) is 1. The lowest BCUT2D eigenvalue weighted by molar-refractivity contribution is -0.386. The summed E-state index contributed by atoms with van der Waals surface area (Å²) >= 11 is 0. The second-order valence-corrected chi connectivity index (χ2v) is 5.30. The first-order valence-electron chi connectivity index (χ1n) is 8.43. The van der Waals surface area contributed by atoms with E-state index in [0.29, 0.717) is 25.2 Å². The topological polar surface area (TPSA) is 103 Å². The Balaban J connectivity index is 3.03. The van der Waals surface area contributed by atoms with E-state index in [2.05, 4.69) is 10.5 Å². The van der Waals surface area contributed by atoms with Gasteiger partial charge in [0.1, 0.15) is 0 Å². The van der Waals surface area contributed by atoms with Gasteiger partial charge in [0.2, 0.25) is 11.7 Å². The summed E-state index contributed by atoms with van der Waals surface area (Å²) in [7, 11) is 0. The molecule has 8 heteroatoms. The number of carbonyl (C=O) groups excluding carboxylic acids is 1. The normalized spacial score (nSPS) is 10.7. The fraction of sp³-hybridized carbons (Fsp3) is 0.529. The molecule has 1 amide bonds. The molecule has 1 rings (SSSR count).